The zero-order valence-electron chi connectivity index (χ0n) is 6.30. The van der Waals surface area contributed by atoms with Crippen molar-refractivity contribution in [2.75, 3.05) is 11.9 Å². The molecule has 4 heteroatoms. The van der Waals surface area contributed by atoms with E-state index in [-0.39, 0.29) is 5.91 Å². The normalized spacial score (nSPS) is 9.73. The van der Waals surface area contributed by atoms with Crippen molar-refractivity contribution < 1.29 is 4.79 Å². The molecular weight excluding hydrogens is 182 g/mol. The molecule has 0 aliphatic carbocycles. The van der Waals surface area contributed by atoms with Gasteiger partial charge in [0.25, 0.3) is 0 Å². The second kappa shape index (κ2) is 3.24. The molecule has 60 valence electrons. The van der Waals surface area contributed by atoms with Crippen molar-refractivity contribution in [3.8, 4) is 0 Å². The quantitative estimate of drug-likeness (QED) is 0.665. The fourth-order valence-electron chi connectivity index (χ4n) is 0.640. The van der Waals surface area contributed by atoms with Gasteiger partial charge in [-0.2, -0.15) is 0 Å². The highest BCUT2D eigenvalue weighted by molar-refractivity contribution is 7.20. The monoisotopic (exact) mass is 189 g/mol. The summed E-state index contributed by atoms with van der Waals surface area (Å²) in [5, 5.41) is 0.877. The number of carbonyl (C=O) groups excluding carboxylic acids is 1. The molecule has 1 heterocycles. The molecule has 0 saturated heterocycles. The Hall–Kier alpha value is -0.540. The molecule has 0 aromatic carbocycles. The number of rotatable bonds is 1. The van der Waals surface area contributed by atoms with E-state index in [1.54, 1.807) is 18.0 Å². The van der Waals surface area contributed by atoms with Gasteiger partial charge in [-0.25, -0.2) is 0 Å². The second-order valence-electron chi connectivity index (χ2n) is 2.16. The van der Waals surface area contributed by atoms with Gasteiger partial charge in [-0.1, -0.05) is 11.6 Å². The number of carbonyl (C=O) groups is 1. The van der Waals surface area contributed by atoms with Crippen molar-refractivity contribution in [2.24, 2.45) is 0 Å². The zero-order chi connectivity index (χ0) is 8.43. The number of anilines is 1. The smallest absolute Gasteiger partial charge is 0.224 e. The summed E-state index contributed by atoms with van der Waals surface area (Å²) in [6, 6.07) is 3.61. The Balaban J connectivity index is 2.84. The number of amides is 1. The molecule has 11 heavy (non-hydrogen) atoms. The minimum Gasteiger partial charge on any atom is -0.307 e. The minimum atomic E-state index is 0.0171. The predicted octanol–water partition coefficient (Wildman–Crippen LogP) is 2.38. The number of hydrogen-bond donors (Lipinski definition) is 0. The molecule has 0 radical (unpaired) electrons. The third-order valence-electron chi connectivity index (χ3n) is 1.36. The first kappa shape index (κ1) is 8.56. The van der Waals surface area contributed by atoms with Crippen LogP contribution in [-0.4, -0.2) is 13.0 Å². The maximum atomic E-state index is 10.8. The summed E-state index contributed by atoms with van der Waals surface area (Å²) in [5.74, 6) is 0.0171. The van der Waals surface area contributed by atoms with Gasteiger partial charge in [0.1, 0.15) is 0 Å². The Bertz CT molecular complexity index is 271. The van der Waals surface area contributed by atoms with Gasteiger partial charge in [0.2, 0.25) is 5.91 Å². The van der Waals surface area contributed by atoms with E-state index in [0.717, 1.165) is 5.00 Å². The lowest BCUT2D eigenvalue weighted by molar-refractivity contribution is -0.116. The second-order valence-corrected chi connectivity index (χ2v) is 3.85. The van der Waals surface area contributed by atoms with Crippen LogP contribution in [0.25, 0.3) is 0 Å². The number of thiophene rings is 1. The van der Waals surface area contributed by atoms with Crippen LogP contribution in [0.15, 0.2) is 12.1 Å². The fraction of sp³-hybridized carbons (Fsp3) is 0.286. The van der Waals surface area contributed by atoms with Crippen molar-refractivity contribution in [3.63, 3.8) is 0 Å². The molecule has 0 bridgehead atoms. The molecule has 0 unspecified atom stereocenters. The van der Waals surface area contributed by atoms with Gasteiger partial charge in [-0.05, 0) is 12.1 Å². The molecule has 1 aromatic heterocycles. The van der Waals surface area contributed by atoms with Gasteiger partial charge in [0.05, 0.1) is 9.34 Å². The summed E-state index contributed by atoms with van der Waals surface area (Å²) < 4.78 is 0.702. The zero-order valence-corrected chi connectivity index (χ0v) is 7.87. The first-order valence-electron chi connectivity index (χ1n) is 3.11. The van der Waals surface area contributed by atoms with Crippen LogP contribution in [-0.2, 0) is 4.79 Å². The van der Waals surface area contributed by atoms with E-state index in [1.165, 1.54) is 18.3 Å². The summed E-state index contributed by atoms with van der Waals surface area (Å²) in [7, 11) is 1.73. The van der Waals surface area contributed by atoms with E-state index in [0.29, 0.717) is 4.34 Å². The Kier molecular flexibility index (Phi) is 2.52. The molecule has 1 amide bonds. The first-order chi connectivity index (χ1) is 5.11. The third kappa shape index (κ3) is 1.94. The number of hydrogen-bond acceptors (Lipinski definition) is 2. The van der Waals surface area contributed by atoms with Crippen LogP contribution in [0.4, 0.5) is 5.00 Å². The summed E-state index contributed by atoms with van der Waals surface area (Å²) >= 11 is 7.08. The summed E-state index contributed by atoms with van der Waals surface area (Å²) in [6.07, 6.45) is 0. The molecule has 0 spiro atoms. The Morgan fingerprint density at radius 2 is 2.27 bits per heavy atom. The maximum absolute atomic E-state index is 10.8. The first-order valence-corrected chi connectivity index (χ1v) is 4.30. The number of halogens is 1. The summed E-state index contributed by atoms with van der Waals surface area (Å²) in [5.41, 5.74) is 0. The topological polar surface area (TPSA) is 20.3 Å². The van der Waals surface area contributed by atoms with Gasteiger partial charge in [-0.15, -0.1) is 11.3 Å². The highest BCUT2D eigenvalue weighted by Crippen LogP contribution is 2.28. The number of nitrogens with zero attached hydrogens (tertiary/aromatic N) is 1. The van der Waals surface area contributed by atoms with E-state index in [1.807, 2.05) is 6.07 Å². The molecule has 0 atom stereocenters. The van der Waals surface area contributed by atoms with Crippen LogP contribution in [0.1, 0.15) is 6.92 Å². The van der Waals surface area contributed by atoms with E-state index in [2.05, 4.69) is 0 Å². The average molecular weight is 190 g/mol. The third-order valence-corrected chi connectivity index (χ3v) is 2.67. The van der Waals surface area contributed by atoms with Gasteiger partial charge in [0.15, 0.2) is 0 Å². The lowest BCUT2D eigenvalue weighted by Crippen LogP contribution is -2.21. The Labute approximate surface area is 74.4 Å². The minimum absolute atomic E-state index is 0.0171. The summed E-state index contributed by atoms with van der Waals surface area (Å²) in [4.78, 5) is 12.4. The van der Waals surface area contributed by atoms with Gasteiger partial charge < -0.3 is 4.90 Å². The van der Waals surface area contributed by atoms with E-state index >= 15 is 0 Å². The summed E-state index contributed by atoms with van der Waals surface area (Å²) in [6.45, 7) is 1.52. The molecule has 2 nitrogen and oxygen atoms in total. The van der Waals surface area contributed by atoms with E-state index < -0.39 is 0 Å². The lowest BCUT2D eigenvalue weighted by atomic mass is 10.5. The average Bonchev–Trinajstić information content (AvgIpc) is 2.34. The molecular formula is C7H8ClNOS. The van der Waals surface area contributed by atoms with Gasteiger partial charge in [0, 0.05) is 14.0 Å². The van der Waals surface area contributed by atoms with Crippen LogP contribution < -0.4 is 4.90 Å². The van der Waals surface area contributed by atoms with Crippen LogP contribution in [0, 0.1) is 0 Å². The molecule has 0 aliphatic heterocycles. The molecule has 0 saturated carbocycles. The van der Waals surface area contributed by atoms with Gasteiger partial charge in [-0.3, -0.25) is 4.79 Å². The molecule has 0 aliphatic rings. The SMILES string of the molecule is CC(=O)N(C)c1ccc(Cl)s1. The standard InChI is InChI=1S/C7H8ClNOS/c1-5(10)9(2)7-4-3-6(8)11-7/h3-4H,1-2H3. The van der Waals surface area contributed by atoms with Crippen LogP contribution in [0.2, 0.25) is 4.34 Å². The van der Waals surface area contributed by atoms with Crippen molar-refractivity contribution in [2.45, 2.75) is 6.92 Å². The molecule has 1 aromatic rings. The van der Waals surface area contributed by atoms with Crippen molar-refractivity contribution in [3.05, 3.63) is 16.5 Å². The van der Waals surface area contributed by atoms with Crippen LogP contribution in [0.3, 0.4) is 0 Å². The van der Waals surface area contributed by atoms with Gasteiger partial charge >= 0.3 is 0 Å². The Morgan fingerprint density at radius 1 is 1.64 bits per heavy atom. The van der Waals surface area contributed by atoms with Crippen molar-refractivity contribution >= 4 is 33.8 Å². The van der Waals surface area contributed by atoms with E-state index in [4.69, 9.17) is 11.6 Å². The fourth-order valence-corrected chi connectivity index (χ4v) is 1.68. The molecule has 0 fully saturated rings. The van der Waals surface area contributed by atoms with E-state index in [9.17, 15) is 4.79 Å². The van der Waals surface area contributed by atoms with Crippen molar-refractivity contribution in [1.82, 2.24) is 0 Å². The predicted molar refractivity (Wildman–Crippen MR) is 48.4 cm³/mol. The maximum Gasteiger partial charge on any atom is 0.224 e. The van der Waals surface area contributed by atoms with Crippen LogP contribution in [0.5, 0.6) is 0 Å². The molecule has 1 rings (SSSR count). The highest BCUT2D eigenvalue weighted by Gasteiger charge is 2.06. The largest absolute Gasteiger partial charge is 0.307 e. The Morgan fingerprint density at radius 3 is 2.64 bits per heavy atom. The van der Waals surface area contributed by atoms with Crippen LogP contribution >= 0.6 is 22.9 Å². The molecule has 0 N–H and O–H groups in total. The van der Waals surface area contributed by atoms with Crippen molar-refractivity contribution in [1.29, 1.82) is 0 Å². The highest BCUT2D eigenvalue weighted by atomic mass is 35.5. The lowest BCUT2D eigenvalue weighted by Gasteiger charge is -2.10.